The van der Waals surface area contributed by atoms with Crippen molar-refractivity contribution in [1.29, 1.82) is 0 Å². The van der Waals surface area contributed by atoms with Crippen LogP contribution >= 0.6 is 11.3 Å². The summed E-state index contributed by atoms with van der Waals surface area (Å²) in [6.07, 6.45) is 6.82. The zero-order valence-corrected chi connectivity index (χ0v) is 50.0. The molecule has 3 unspecified atom stereocenters. The number of unbranched alkanes of at least 4 members (excludes halogenated alkanes) is 1. The normalized spacial score (nSPS) is 22.9. The van der Waals surface area contributed by atoms with Gasteiger partial charge in [0.15, 0.2) is 5.82 Å². The van der Waals surface area contributed by atoms with E-state index in [1.807, 2.05) is 71.3 Å². The van der Waals surface area contributed by atoms with Crippen LogP contribution in [0, 0.1) is 24.0 Å². The number of phenols is 1. The van der Waals surface area contributed by atoms with Crippen molar-refractivity contribution in [2.75, 3.05) is 50.8 Å². The fourth-order valence-corrected chi connectivity index (χ4v) is 14.4. The molecule has 3 aromatic carbocycles. The van der Waals surface area contributed by atoms with Crippen molar-refractivity contribution in [2.24, 2.45) is 5.41 Å². The maximum atomic E-state index is 17.3. The van der Waals surface area contributed by atoms with Gasteiger partial charge in [-0.25, -0.2) is 18.6 Å². The third-order valence-electron chi connectivity index (χ3n) is 18.0. The van der Waals surface area contributed by atoms with E-state index in [1.165, 1.54) is 23.1 Å². The highest BCUT2D eigenvalue weighted by atomic mass is 32.1. The first-order valence-electron chi connectivity index (χ1n) is 30.0. The molecule has 0 spiro atoms. The lowest BCUT2D eigenvalue weighted by molar-refractivity contribution is -0.144. The number of phenolic OH excluding ortho intramolecular Hbond substituents is 1. The number of thiazole rings is 1. The lowest BCUT2D eigenvalue weighted by Crippen LogP contribution is -2.57. The molecule has 6 aromatic rings. The Morgan fingerprint density at radius 3 is 2.47 bits per heavy atom. The Balaban J connectivity index is 0.672. The average Bonchev–Trinajstić information content (AvgIpc) is 2.34. The minimum Gasteiger partial charge on any atom is -0.508 e. The van der Waals surface area contributed by atoms with Crippen LogP contribution in [0.15, 0.2) is 60.2 Å². The van der Waals surface area contributed by atoms with Gasteiger partial charge in [-0.1, -0.05) is 58.0 Å². The van der Waals surface area contributed by atoms with Gasteiger partial charge in [-0.15, -0.1) is 11.3 Å². The molecule has 5 aliphatic heterocycles. The average molecular weight is 1190 g/mol. The van der Waals surface area contributed by atoms with Gasteiger partial charge in [0.1, 0.15) is 53.9 Å². The van der Waals surface area contributed by atoms with Gasteiger partial charge in [-0.2, -0.15) is 9.97 Å². The first-order chi connectivity index (χ1) is 40.8. The number of piperazine rings is 1. The summed E-state index contributed by atoms with van der Waals surface area (Å²) >= 11 is 1.57. The zero-order chi connectivity index (χ0) is 59.9. The monoisotopic (exact) mass is 1190 g/mol. The summed E-state index contributed by atoms with van der Waals surface area (Å²) in [4.78, 5) is 80.1. The highest BCUT2D eigenvalue weighted by Gasteiger charge is 2.51. The SMILES string of the molecule is CCc1c(F)ccc2cc(O)cc(-c3ncc4c(N5CC6CCC(C5)N6)nc(OCC56CCCN5[C@@H](COC(=O)NCCCCC(=O)N[C@H](C(=O)N5C[C@H](O)C[C@H]5C(=O)N[C@@H](C)c5ccc(-c7scnc7C)cc5)C(C)(C)C)CC6)nc4c3F)c12. The number of likely N-dealkylation sites (tertiary alicyclic amines) is 1. The summed E-state index contributed by atoms with van der Waals surface area (Å²) in [5, 5.41) is 35.4. The molecule has 2 bridgehead atoms. The molecule has 8 heterocycles. The molecular weight excluding hydrogens is 1110 g/mol. The second-order valence-corrected chi connectivity index (χ2v) is 25.7. The number of β-amino-alcohol motifs (C(OH)–C–C–N with tert-alkyl or cyclic N) is 1. The first kappa shape index (κ1) is 59.6. The molecule has 5 fully saturated rings. The number of aromatic nitrogens is 4. The maximum absolute atomic E-state index is 17.3. The van der Waals surface area contributed by atoms with E-state index in [9.17, 15) is 29.4 Å². The molecule has 19 nitrogen and oxygen atoms in total. The first-order valence-corrected chi connectivity index (χ1v) is 30.9. The fraction of sp³-hybridized carbons (Fsp3) is 0.524. The van der Waals surface area contributed by atoms with Crippen molar-refractivity contribution in [3.8, 4) is 33.5 Å². The fourth-order valence-electron chi connectivity index (χ4n) is 13.6. The quantitative estimate of drug-likeness (QED) is 0.0418. The number of halogens is 2. The molecule has 452 valence electrons. The van der Waals surface area contributed by atoms with E-state index in [4.69, 9.17) is 19.4 Å². The number of anilines is 1. The molecular formula is C63H77F2N11O8S. The summed E-state index contributed by atoms with van der Waals surface area (Å²) in [5.41, 5.74) is 4.17. The lowest BCUT2D eigenvalue weighted by Gasteiger charge is -2.35. The summed E-state index contributed by atoms with van der Waals surface area (Å²) in [6.45, 7) is 13.9. The van der Waals surface area contributed by atoms with E-state index in [1.54, 1.807) is 23.6 Å². The molecule has 5 aliphatic rings. The van der Waals surface area contributed by atoms with Crippen LogP contribution in [0.3, 0.4) is 0 Å². The topological polar surface area (TPSA) is 237 Å². The van der Waals surface area contributed by atoms with Crippen LogP contribution < -0.4 is 30.9 Å². The number of rotatable bonds is 19. The van der Waals surface area contributed by atoms with Crippen LogP contribution in [0.1, 0.15) is 122 Å². The second kappa shape index (κ2) is 24.7. The Labute approximate surface area is 497 Å². The minimum atomic E-state index is -0.970. The number of nitrogens with one attached hydrogen (secondary N) is 4. The van der Waals surface area contributed by atoms with Gasteiger partial charge in [0.2, 0.25) is 17.7 Å². The van der Waals surface area contributed by atoms with Crippen LogP contribution in [0.4, 0.5) is 19.4 Å². The van der Waals surface area contributed by atoms with Crippen LogP contribution in [0.2, 0.25) is 0 Å². The van der Waals surface area contributed by atoms with E-state index >= 15 is 8.78 Å². The van der Waals surface area contributed by atoms with Crippen molar-refractivity contribution in [3.05, 3.63) is 88.7 Å². The van der Waals surface area contributed by atoms with Gasteiger partial charge in [-0.05, 0) is 129 Å². The Bertz CT molecular complexity index is 3480. The van der Waals surface area contributed by atoms with E-state index in [-0.39, 0.29) is 104 Å². The van der Waals surface area contributed by atoms with Gasteiger partial charge < -0.3 is 50.8 Å². The number of aryl methyl sites for hydroxylation is 2. The lowest BCUT2D eigenvalue weighted by atomic mass is 9.85. The van der Waals surface area contributed by atoms with Gasteiger partial charge >= 0.3 is 12.1 Å². The molecule has 8 atom stereocenters. The van der Waals surface area contributed by atoms with Gasteiger partial charge in [-0.3, -0.25) is 24.3 Å². The second-order valence-electron chi connectivity index (χ2n) is 24.9. The third-order valence-corrected chi connectivity index (χ3v) is 19.0. The number of aromatic hydroxyl groups is 1. The molecule has 0 aliphatic carbocycles. The number of alkyl carbamates (subject to hydrolysis) is 1. The van der Waals surface area contributed by atoms with Crippen LogP contribution in [0.25, 0.3) is 43.4 Å². The van der Waals surface area contributed by atoms with Crippen molar-refractivity contribution in [3.63, 3.8) is 0 Å². The standard InChI is InChI=1S/C63H77F2N11O8S/c1-7-45-48(64)19-16-39-25-43(77)26-46(51(39)45)53-52(65)54-47(28-67-53)57(74-29-40-17-18-41(30-74)70-40)73-60(72-54)84-33-63-21-10-24-76(63)42(20-22-63)32-83-61(82)66-23-9-8-11-50(79)71-56(62(4,5)6)59(81)75-31-44(78)27-49(75)58(80)69-35(2)37-12-14-38(15-13-37)55-36(3)68-34-85-55/h12-16,19,25-26,28,34-35,40-42,44,49,56,70,77-78H,7-11,17-18,20-24,27,29-33H2,1-6H3,(H,66,82)(H,69,80)(H,71,79)/t35-,40?,41?,42+,44+,49-,56+,63?/m0/s1. The molecule has 22 heteroatoms. The zero-order valence-electron chi connectivity index (χ0n) is 49.2. The highest BCUT2D eigenvalue weighted by molar-refractivity contribution is 7.13. The molecule has 11 rings (SSSR count). The Morgan fingerprint density at radius 2 is 1.74 bits per heavy atom. The smallest absolute Gasteiger partial charge is 0.407 e. The van der Waals surface area contributed by atoms with E-state index in [0.717, 1.165) is 66.8 Å². The van der Waals surface area contributed by atoms with E-state index in [0.29, 0.717) is 59.9 Å². The van der Waals surface area contributed by atoms with E-state index in [2.05, 4.69) is 41.0 Å². The Kier molecular flexibility index (Phi) is 17.3. The molecule has 0 radical (unpaired) electrons. The predicted molar refractivity (Wildman–Crippen MR) is 320 cm³/mol. The number of nitrogens with zero attached hydrogens (tertiary/aromatic N) is 7. The number of ether oxygens (including phenoxy) is 2. The van der Waals surface area contributed by atoms with Crippen LogP contribution in [-0.4, -0.2) is 152 Å². The van der Waals surface area contributed by atoms with E-state index < -0.39 is 52.8 Å². The number of pyridine rings is 1. The maximum Gasteiger partial charge on any atom is 0.407 e. The van der Waals surface area contributed by atoms with Gasteiger partial charge in [0.25, 0.3) is 0 Å². The number of carbonyl (C=O) groups excluding carboxylic acids is 4. The molecule has 3 aromatic heterocycles. The van der Waals surface area contributed by atoms with Crippen molar-refractivity contribution in [2.45, 2.75) is 160 Å². The summed E-state index contributed by atoms with van der Waals surface area (Å²) in [5.74, 6) is -1.91. The third kappa shape index (κ3) is 12.5. The molecule has 85 heavy (non-hydrogen) atoms. The number of hydrogen-bond acceptors (Lipinski definition) is 16. The van der Waals surface area contributed by atoms with Gasteiger partial charge in [0, 0.05) is 68.9 Å². The molecule has 5 saturated heterocycles. The van der Waals surface area contributed by atoms with Crippen LogP contribution in [-0.2, 0) is 25.5 Å². The summed E-state index contributed by atoms with van der Waals surface area (Å²) < 4.78 is 44.9. The highest BCUT2D eigenvalue weighted by Crippen LogP contribution is 2.44. The number of amides is 4. The largest absolute Gasteiger partial charge is 0.508 e. The minimum absolute atomic E-state index is 0.0139. The Morgan fingerprint density at radius 1 is 0.965 bits per heavy atom. The van der Waals surface area contributed by atoms with Crippen molar-refractivity contribution in [1.82, 2.24) is 51.0 Å². The Hall–Kier alpha value is -7.14. The van der Waals surface area contributed by atoms with Gasteiger partial charge in [0.05, 0.1) is 39.2 Å². The number of aliphatic hydroxyl groups excluding tert-OH is 1. The number of aliphatic hydroxyl groups is 1. The molecule has 4 amide bonds. The number of benzene rings is 3. The summed E-state index contributed by atoms with van der Waals surface area (Å²) in [7, 11) is 0. The van der Waals surface area contributed by atoms with Crippen molar-refractivity contribution >= 4 is 62.6 Å². The summed E-state index contributed by atoms with van der Waals surface area (Å²) in [6, 6.07) is 12.0. The van der Waals surface area contributed by atoms with Crippen molar-refractivity contribution < 1.29 is 47.6 Å². The molecule has 0 saturated carbocycles. The molecule has 6 N–H and O–H groups in total. The number of carbonyl (C=O) groups is 4. The van der Waals surface area contributed by atoms with Crippen LogP contribution in [0.5, 0.6) is 11.8 Å². The number of fused-ring (bicyclic) bond motifs is 5. The number of hydrogen-bond donors (Lipinski definition) is 6. The predicted octanol–water partition coefficient (Wildman–Crippen LogP) is 8.41.